The number of aromatic nitrogens is 1. The largest absolute Gasteiger partial charge is 0.324 e. The lowest BCUT2D eigenvalue weighted by molar-refractivity contribution is 0.650. The number of hydrogen-bond acceptors (Lipinski definition) is 2. The van der Waals surface area contributed by atoms with Crippen LogP contribution in [-0.4, -0.2) is 4.98 Å². The Morgan fingerprint density at radius 1 is 1.05 bits per heavy atom. The zero-order valence-corrected chi connectivity index (χ0v) is 12.3. The fourth-order valence-corrected chi connectivity index (χ4v) is 2.53. The predicted molar refractivity (Wildman–Crippen MR) is 88.2 cm³/mol. The van der Waals surface area contributed by atoms with Gasteiger partial charge >= 0.3 is 0 Å². The second-order valence-corrected chi connectivity index (χ2v) is 5.59. The molecular formula is C19H20N2. The van der Waals surface area contributed by atoms with Crippen molar-refractivity contribution >= 4 is 10.9 Å². The normalized spacial score (nSPS) is 12.5. The highest BCUT2D eigenvalue weighted by Gasteiger charge is 2.08. The molecule has 106 valence electrons. The van der Waals surface area contributed by atoms with E-state index in [1.807, 2.05) is 24.4 Å². The molecule has 1 heterocycles. The highest BCUT2D eigenvalue weighted by molar-refractivity contribution is 5.78. The quantitative estimate of drug-likeness (QED) is 0.776. The van der Waals surface area contributed by atoms with Crippen LogP contribution in [0.25, 0.3) is 10.9 Å². The Labute approximate surface area is 125 Å². The van der Waals surface area contributed by atoms with Crippen molar-refractivity contribution in [2.45, 2.75) is 25.8 Å². The minimum atomic E-state index is 0.0309. The second-order valence-electron chi connectivity index (χ2n) is 5.59. The molecule has 3 aromatic rings. The third-order valence-corrected chi connectivity index (χ3v) is 3.90. The SMILES string of the molecule is Cc1ccc(CCC(N)c2cnc3ccccc3c2)cc1. The molecule has 0 bridgehead atoms. The number of hydrogen-bond donors (Lipinski definition) is 1. The Hall–Kier alpha value is -2.19. The number of pyridine rings is 1. The summed E-state index contributed by atoms with van der Waals surface area (Å²) in [5.41, 5.74) is 11.1. The van der Waals surface area contributed by atoms with Crippen LogP contribution in [0.15, 0.2) is 60.8 Å². The number of benzene rings is 2. The lowest BCUT2D eigenvalue weighted by atomic mass is 9.99. The van der Waals surface area contributed by atoms with Gasteiger partial charge in [0, 0.05) is 17.6 Å². The van der Waals surface area contributed by atoms with E-state index in [0.29, 0.717) is 0 Å². The first-order valence-corrected chi connectivity index (χ1v) is 7.38. The predicted octanol–water partition coefficient (Wildman–Crippen LogP) is 4.18. The molecule has 0 aliphatic carbocycles. The van der Waals surface area contributed by atoms with Crippen LogP contribution in [-0.2, 0) is 6.42 Å². The molecule has 3 rings (SSSR count). The molecule has 0 saturated heterocycles. The van der Waals surface area contributed by atoms with Gasteiger partial charge in [-0.3, -0.25) is 4.98 Å². The van der Waals surface area contributed by atoms with Crippen molar-refractivity contribution in [3.8, 4) is 0 Å². The molecule has 2 aromatic carbocycles. The van der Waals surface area contributed by atoms with Gasteiger partial charge in [0.25, 0.3) is 0 Å². The zero-order valence-electron chi connectivity index (χ0n) is 12.3. The van der Waals surface area contributed by atoms with E-state index in [4.69, 9.17) is 5.73 Å². The summed E-state index contributed by atoms with van der Waals surface area (Å²) in [4.78, 5) is 4.49. The van der Waals surface area contributed by atoms with Crippen molar-refractivity contribution in [1.29, 1.82) is 0 Å². The molecule has 2 N–H and O–H groups in total. The van der Waals surface area contributed by atoms with Gasteiger partial charge in [-0.1, -0.05) is 48.0 Å². The maximum absolute atomic E-state index is 6.32. The maximum atomic E-state index is 6.32. The van der Waals surface area contributed by atoms with Crippen LogP contribution in [0.5, 0.6) is 0 Å². The third kappa shape index (κ3) is 3.29. The molecule has 0 aliphatic heterocycles. The van der Waals surface area contributed by atoms with Crippen LogP contribution in [0.1, 0.15) is 29.2 Å². The molecular weight excluding hydrogens is 256 g/mol. The van der Waals surface area contributed by atoms with E-state index in [-0.39, 0.29) is 6.04 Å². The zero-order chi connectivity index (χ0) is 14.7. The van der Waals surface area contributed by atoms with Crippen molar-refractivity contribution < 1.29 is 0 Å². The number of rotatable bonds is 4. The van der Waals surface area contributed by atoms with E-state index in [0.717, 1.165) is 29.3 Å². The van der Waals surface area contributed by atoms with Gasteiger partial charge in [-0.05, 0) is 43.0 Å². The van der Waals surface area contributed by atoms with Crippen molar-refractivity contribution in [2.24, 2.45) is 5.73 Å². The van der Waals surface area contributed by atoms with Crippen molar-refractivity contribution in [3.63, 3.8) is 0 Å². The Morgan fingerprint density at radius 3 is 2.62 bits per heavy atom. The van der Waals surface area contributed by atoms with E-state index in [1.165, 1.54) is 11.1 Å². The number of para-hydroxylation sites is 1. The summed E-state index contributed by atoms with van der Waals surface area (Å²) in [6.07, 6.45) is 3.83. The fourth-order valence-electron chi connectivity index (χ4n) is 2.53. The van der Waals surface area contributed by atoms with Crippen molar-refractivity contribution in [3.05, 3.63) is 77.5 Å². The standard InChI is InChI=1S/C19H20N2/c1-14-6-8-15(9-7-14)10-11-18(20)17-12-16-4-2-3-5-19(16)21-13-17/h2-9,12-13,18H,10-11,20H2,1H3. The third-order valence-electron chi connectivity index (χ3n) is 3.90. The van der Waals surface area contributed by atoms with Crippen molar-refractivity contribution in [2.75, 3.05) is 0 Å². The van der Waals surface area contributed by atoms with E-state index < -0.39 is 0 Å². The lowest BCUT2D eigenvalue weighted by Crippen LogP contribution is -2.11. The molecule has 0 aliphatic rings. The van der Waals surface area contributed by atoms with Crippen LogP contribution in [0.4, 0.5) is 0 Å². The van der Waals surface area contributed by atoms with Crippen LogP contribution in [0, 0.1) is 6.92 Å². The van der Waals surface area contributed by atoms with E-state index in [1.54, 1.807) is 0 Å². The maximum Gasteiger partial charge on any atom is 0.0702 e. The molecule has 21 heavy (non-hydrogen) atoms. The smallest absolute Gasteiger partial charge is 0.0702 e. The van der Waals surface area contributed by atoms with Gasteiger partial charge in [-0.25, -0.2) is 0 Å². The molecule has 1 unspecified atom stereocenters. The summed E-state index contributed by atoms with van der Waals surface area (Å²) >= 11 is 0. The van der Waals surface area contributed by atoms with E-state index in [2.05, 4.69) is 48.3 Å². The second kappa shape index (κ2) is 6.06. The summed E-state index contributed by atoms with van der Waals surface area (Å²) in [7, 11) is 0. The summed E-state index contributed by atoms with van der Waals surface area (Å²) < 4.78 is 0. The Bertz CT molecular complexity index is 732. The van der Waals surface area contributed by atoms with Gasteiger partial charge in [0.15, 0.2) is 0 Å². The summed E-state index contributed by atoms with van der Waals surface area (Å²) in [6, 6.07) is 19.0. The molecule has 2 nitrogen and oxygen atoms in total. The highest BCUT2D eigenvalue weighted by Crippen LogP contribution is 2.20. The van der Waals surface area contributed by atoms with Crippen LogP contribution < -0.4 is 5.73 Å². The van der Waals surface area contributed by atoms with Crippen LogP contribution >= 0.6 is 0 Å². The van der Waals surface area contributed by atoms with Crippen molar-refractivity contribution in [1.82, 2.24) is 4.98 Å². The number of nitrogens with zero attached hydrogens (tertiary/aromatic N) is 1. The lowest BCUT2D eigenvalue weighted by Gasteiger charge is -2.12. The molecule has 2 heteroatoms. The van der Waals surface area contributed by atoms with Crippen LogP contribution in [0.2, 0.25) is 0 Å². The van der Waals surface area contributed by atoms with E-state index >= 15 is 0 Å². The monoisotopic (exact) mass is 276 g/mol. The topological polar surface area (TPSA) is 38.9 Å². The Balaban J connectivity index is 1.71. The van der Waals surface area contributed by atoms with Gasteiger partial charge in [0.05, 0.1) is 5.52 Å². The summed E-state index contributed by atoms with van der Waals surface area (Å²) in [5.74, 6) is 0. The van der Waals surface area contributed by atoms with Gasteiger partial charge in [-0.2, -0.15) is 0 Å². The minimum absolute atomic E-state index is 0.0309. The molecule has 1 aromatic heterocycles. The molecule has 1 atom stereocenters. The molecule has 0 radical (unpaired) electrons. The fraction of sp³-hybridized carbons (Fsp3) is 0.211. The Morgan fingerprint density at radius 2 is 1.81 bits per heavy atom. The van der Waals surface area contributed by atoms with E-state index in [9.17, 15) is 0 Å². The average Bonchev–Trinajstić information content (AvgIpc) is 2.53. The number of nitrogens with two attached hydrogens (primary N) is 1. The first-order valence-electron chi connectivity index (χ1n) is 7.38. The van der Waals surface area contributed by atoms with Crippen LogP contribution in [0.3, 0.4) is 0 Å². The van der Waals surface area contributed by atoms with Gasteiger partial charge in [0.2, 0.25) is 0 Å². The molecule has 0 spiro atoms. The van der Waals surface area contributed by atoms with Gasteiger partial charge in [0.1, 0.15) is 0 Å². The highest BCUT2D eigenvalue weighted by atomic mass is 14.7. The molecule has 0 fully saturated rings. The average molecular weight is 276 g/mol. The summed E-state index contributed by atoms with van der Waals surface area (Å²) in [5, 5.41) is 1.15. The molecule has 0 amide bonds. The summed E-state index contributed by atoms with van der Waals surface area (Å²) in [6.45, 7) is 2.11. The Kier molecular flexibility index (Phi) is 3.98. The molecule has 0 saturated carbocycles. The number of aryl methyl sites for hydroxylation is 2. The van der Waals surface area contributed by atoms with Gasteiger partial charge < -0.3 is 5.73 Å². The first kappa shape index (κ1) is 13.8. The minimum Gasteiger partial charge on any atom is -0.324 e. The number of fused-ring (bicyclic) bond motifs is 1. The van der Waals surface area contributed by atoms with Gasteiger partial charge in [-0.15, -0.1) is 0 Å². The first-order chi connectivity index (χ1) is 10.2.